The van der Waals surface area contributed by atoms with E-state index < -0.39 is 0 Å². The number of anilines is 2. The number of aryl methyl sites for hydroxylation is 2. The van der Waals surface area contributed by atoms with Gasteiger partial charge in [0.15, 0.2) is 0 Å². The van der Waals surface area contributed by atoms with Gasteiger partial charge in [0.2, 0.25) is 0 Å². The Labute approximate surface area is 140 Å². The van der Waals surface area contributed by atoms with Crippen LogP contribution in [0.15, 0.2) is 53.4 Å². The lowest BCUT2D eigenvalue weighted by atomic mass is 10.1. The molecule has 3 rings (SSSR count). The molecule has 0 aliphatic rings. The fourth-order valence-corrected chi connectivity index (χ4v) is 2.31. The lowest BCUT2D eigenvalue weighted by Gasteiger charge is -2.09. The third-order valence-electron chi connectivity index (χ3n) is 3.55. The number of benzene rings is 1. The highest BCUT2D eigenvalue weighted by Gasteiger charge is 2.10. The van der Waals surface area contributed by atoms with Crippen molar-refractivity contribution in [1.29, 1.82) is 0 Å². The zero-order chi connectivity index (χ0) is 16.9. The minimum Gasteiger partial charge on any atom is -0.467 e. The summed E-state index contributed by atoms with van der Waals surface area (Å²) in [4.78, 5) is 20.5. The number of nitrogens with zero attached hydrogens (tertiary/aromatic N) is 2. The highest BCUT2D eigenvalue weighted by Crippen LogP contribution is 2.17. The van der Waals surface area contributed by atoms with Gasteiger partial charge in [-0.25, -0.2) is 9.97 Å². The molecule has 0 unspecified atom stereocenters. The highest BCUT2D eigenvalue weighted by molar-refractivity contribution is 6.03. The van der Waals surface area contributed by atoms with Gasteiger partial charge >= 0.3 is 0 Å². The zero-order valence-corrected chi connectivity index (χ0v) is 13.5. The number of amides is 1. The normalized spacial score (nSPS) is 10.4. The number of nitrogens with one attached hydrogen (secondary N) is 2. The topological polar surface area (TPSA) is 80.0 Å². The first kappa shape index (κ1) is 15.7. The second-order valence-corrected chi connectivity index (χ2v) is 5.49. The fraction of sp³-hybridized carbons (Fsp3) is 0.167. The van der Waals surface area contributed by atoms with Crippen LogP contribution in [0.1, 0.15) is 27.4 Å². The molecular formula is C18H18N4O2. The van der Waals surface area contributed by atoms with Gasteiger partial charge in [0.05, 0.1) is 12.8 Å². The van der Waals surface area contributed by atoms with E-state index in [-0.39, 0.29) is 5.91 Å². The van der Waals surface area contributed by atoms with E-state index in [1.807, 2.05) is 44.2 Å². The number of carbonyl (C=O) groups excluding carboxylic acids is 1. The molecule has 0 spiro atoms. The maximum atomic E-state index is 12.4. The van der Waals surface area contributed by atoms with Gasteiger partial charge in [-0.3, -0.25) is 4.79 Å². The second kappa shape index (κ2) is 6.95. The van der Waals surface area contributed by atoms with Crippen LogP contribution >= 0.6 is 0 Å². The van der Waals surface area contributed by atoms with Gasteiger partial charge in [-0.2, -0.15) is 0 Å². The molecule has 3 aromatic rings. The summed E-state index contributed by atoms with van der Waals surface area (Å²) in [6.45, 7) is 4.46. The van der Waals surface area contributed by atoms with E-state index in [1.54, 1.807) is 12.3 Å². The quantitative estimate of drug-likeness (QED) is 0.751. The fourth-order valence-electron chi connectivity index (χ4n) is 2.31. The van der Waals surface area contributed by atoms with E-state index in [0.29, 0.717) is 18.1 Å². The molecule has 2 heterocycles. The summed E-state index contributed by atoms with van der Waals surface area (Å²) in [7, 11) is 0. The molecule has 6 nitrogen and oxygen atoms in total. The molecular weight excluding hydrogens is 304 g/mol. The summed E-state index contributed by atoms with van der Waals surface area (Å²) in [6, 6.07) is 11.2. The number of furan rings is 1. The van der Waals surface area contributed by atoms with Gasteiger partial charge in [-0.15, -0.1) is 0 Å². The summed E-state index contributed by atoms with van der Waals surface area (Å²) < 4.78 is 5.25. The van der Waals surface area contributed by atoms with Gasteiger partial charge < -0.3 is 15.1 Å². The van der Waals surface area contributed by atoms with Crippen LogP contribution in [-0.4, -0.2) is 15.9 Å². The van der Waals surface area contributed by atoms with Gasteiger partial charge in [-0.1, -0.05) is 17.7 Å². The van der Waals surface area contributed by atoms with Gasteiger partial charge in [-0.05, 0) is 37.6 Å². The molecule has 0 atom stereocenters. The van der Waals surface area contributed by atoms with Crippen molar-refractivity contribution in [3.05, 3.63) is 71.6 Å². The number of hydrogen-bond acceptors (Lipinski definition) is 5. The Morgan fingerprint density at radius 2 is 2.04 bits per heavy atom. The molecule has 1 amide bonds. The third-order valence-corrected chi connectivity index (χ3v) is 3.55. The average molecular weight is 322 g/mol. The Morgan fingerprint density at radius 1 is 1.17 bits per heavy atom. The molecule has 122 valence electrons. The van der Waals surface area contributed by atoms with Crippen molar-refractivity contribution in [1.82, 2.24) is 9.97 Å². The maximum Gasteiger partial charge on any atom is 0.274 e. The first-order valence-corrected chi connectivity index (χ1v) is 7.59. The predicted molar refractivity (Wildman–Crippen MR) is 91.9 cm³/mol. The van der Waals surface area contributed by atoms with Crippen LogP contribution < -0.4 is 10.6 Å². The van der Waals surface area contributed by atoms with Crippen LogP contribution in [0.3, 0.4) is 0 Å². The van der Waals surface area contributed by atoms with E-state index in [2.05, 4.69) is 20.6 Å². The van der Waals surface area contributed by atoms with E-state index in [0.717, 1.165) is 22.6 Å². The molecule has 0 aliphatic heterocycles. The largest absolute Gasteiger partial charge is 0.467 e. The van der Waals surface area contributed by atoms with E-state index in [4.69, 9.17) is 4.42 Å². The average Bonchev–Trinajstić information content (AvgIpc) is 3.09. The van der Waals surface area contributed by atoms with Gasteiger partial charge in [0, 0.05) is 11.8 Å². The van der Waals surface area contributed by atoms with Gasteiger partial charge in [0.25, 0.3) is 5.91 Å². The second-order valence-electron chi connectivity index (χ2n) is 5.49. The molecule has 0 fully saturated rings. The summed E-state index contributed by atoms with van der Waals surface area (Å²) >= 11 is 0. The maximum absolute atomic E-state index is 12.4. The number of aromatic nitrogens is 2. The Kier molecular flexibility index (Phi) is 4.56. The van der Waals surface area contributed by atoms with E-state index >= 15 is 0 Å². The smallest absolute Gasteiger partial charge is 0.274 e. The molecule has 6 heteroatoms. The van der Waals surface area contributed by atoms with E-state index in [1.165, 1.54) is 6.33 Å². The minimum absolute atomic E-state index is 0.273. The van der Waals surface area contributed by atoms with Crippen LogP contribution in [0.25, 0.3) is 0 Å². The van der Waals surface area contributed by atoms with Crippen LogP contribution in [0.4, 0.5) is 11.5 Å². The van der Waals surface area contributed by atoms with Crippen molar-refractivity contribution in [3.8, 4) is 0 Å². The number of carbonyl (C=O) groups is 1. The van der Waals surface area contributed by atoms with Crippen LogP contribution in [-0.2, 0) is 6.54 Å². The first-order chi connectivity index (χ1) is 11.6. The molecule has 2 N–H and O–H groups in total. The van der Waals surface area contributed by atoms with E-state index in [9.17, 15) is 4.79 Å². The lowest BCUT2D eigenvalue weighted by molar-refractivity contribution is 0.102. The Balaban J connectivity index is 1.69. The van der Waals surface area contributed by atoms with Crippen molar-refractivity contribution in [2.75, 3.05) is 10.6 Å². The Bertz CT molecular complexity index is 844. The predicted octanol–water partition coefficient (Wildman–Crippen LogP) is 3.55. The summed E-state index contributed by atoms with van der Waals surface area (Å²) in [5.74, 6) is 1.08. The summed E-state index contributed by atoms with van der Waals surface area (Å²) in [5, 5.41) is 5.98. The Morgan fingerprint density at radius 3 is 2.79 bits per heavy atom. The molecule has 24 heavy (non-hydrogen) atoms. The van der Waals surface area contributed by atoms with Crippen LogP contribution in [0.2, 0.25) is 0 Å². The summed E-state index contributed by atoms with van der Waals surface area (Å²) in [5.41, 5.74) is 3.23. The minimum atomic E-state index is -0.273. The third kappa shape index (κ3) is 3.78. The van der Waals surface area contributed by atoms with Crippen molar-refractivity contribution >= 4 is 17.4 Å². The van der Waals surface area contributed by atoms with Crippen molar-refractivity contribution in [3.63, 3.8) is 0 Å². The van der Waals surface area contributed by atoms with Crippen LogP contribution in [0, 0.1) is 13.8 Å². The SMILES string of the molecule is Cc1ccc(NC(=O)c2cc(NCc3ccco3)ncn2)c(C)c1. The Hall–Kier alpha value is -3.15. The molecule has 0 saturated heterocycles. The van der Waals surface area contributed by atoms with Crippen molar-refractivity contribution < 1.29 is 9.21 Å². The van der Waals surface area contributed by atoms with Crippen molar-refractivity contribution in [2.24, 2.45) is 0 Å². The standard InChI is InChI=1S/C18H18N4O2/c1-12-5-6-15(13(2)8-12)22-18(23)16-9-17(21-11-20-16)19-10-14-4-3-7-24-14/h3-9,11H,10H2,1-2H3,(H,22,23)(H,19,20,21). The number of rotatable bonds is 5. The molecule has 0 radical (unpaired) electrons. The zero-order valence-electron chi connectivity index (χ0n) is 13.5. The molecule has 1 aromatic carbocycles. The molecule has 0 aliphatic carbocycles. The van der Waals surface area contributed by atoms with Gasteiger partial charge in [0.1, 0.15) is 23.6 Å². The van der Waals surface area contributed by atoms with Crippen LogP contribution in [0.5, 0.6) is 0 Å². The van der Waals surface area contributed by atoms with Crippen molar-refractivity contribution in [2.45, 2.75) is 20.4 Å². The highest BCUT2D eigenvalue weighted by atomic mass is 16.3. The molecule has 0 bridgehead atoms. The summed E-state index contributed by atoms with van der Waals surface area (Å²) in [6.07, 6.45) is 2.97. The molecule has 0 saturated carbocycles. The monoisotopic (exact) mass is 322 g/mol. The molecule has 2 aromatic heterocycles. The first-order valence-electron chi connectivity index (χ1n) is 7.59. The number of hydrogen-bond donors (Lipinski definition) is 2. The lowest BCUT2D eigenvalue weighted by Crippen LogP contribution is -2.15.